The topological polar surface area (TPSA) is 79.8 Å². The van der Waals surface area contributed by atoms with E-state index in [0.29, 0.717) is 17.4 Å². The van der Waals surface area contributed by atoms with E-state index < -0.39 is 10.0 Å². The number of nitrogens with one attached hydrogen (secondary N) is 2. The maximum Gasteiger partial charge on any atom is 0.244 e. The van der Waals surface area contributed by atoms with Gasteiger partial charge in [0, 0.05) is 24.0 Å². The van der Waals surface area contributed by atoms with E-state index in [4.69, 9.17) is 0 Å². The largest absolute Gasteiger partial charge is 0.346 e. The van der Waals surface area contributed by atoms with Crippen LogP contribution in [-0.2, 0) is 16.6 Å². The van der Waals surface area contributed by atoms with Crippen molar-refractivity contribution >= 4 is 10.0 Å². The van der Waals surface area contributed by atoms with Crippen LogP contribution in [-0.4, -0.2) is 23.2 Å². The van der Waals surface area contributed by atoms with E-state index in [9.17, 15) is 8.42 Å². The number of aromatic amines is 1. The molecule has 0 unspecified atom stereocenters. The van der Waals surface area contributed by atoms with Crippen LogP contribution in [0.25, 0.3) is 0 Å². The molecule has 6 nitrogen and oxygen atoms in total. The van der Waals surface area contributed by atoms with Crippen molar-refractivity contribution in [2.45, 2.75) is 59.0 Å². The fourth-order valence-electron chi connectivity index (χ4n) is 3.00. The summed E-state index contributed by atoms with van der Waals surface area (Å²) in [5, 5.41) is 6.66. The average Bonchev–Trinajstić information content (AvgIpc) is 2.87. The average molecular weight is 324 g/mol. The van der Waals surface area contributed by atoms with Gasteiger partial charge < -0.3 is 4.57 Å². The fourth-order valence-corrected chi connectivity index (χ4v) is 4.37. The number of H-pyrrole nitrogens is 1. The highest BCUT2D eigenvalue weighted by Gasteiger charge is 2.22. The van der Waals surface area contributed by atoms with E-state index in [-0.39, 0.29) is 11.4 Å². The summed E-state index contributed by atoms with van der Waals surface area (Å²) in [6, 6.07) is 2.39. The quantitative estimate of drug-likeness (QED) is 0.887. The lowest BCUT2D eigenvalue weighted by Crippen LogP contribution is -2.24. The van der Waals surface area contributed by atoms with Crippen molar-refractivity contribution in [3.63, 3.8) is 0 Å². The summed E-state index contributed by atoms with van der Waals surface area (Å²) in [7, 11) is -3.57. The molecule has 0 saturated heterocycles. The zero-order valence-electron chi connectivity index (χ0n) is 14.0. The summed E-state index contributed by atoms with van der Waals surface area (Å²) < 4.78 is 29.8. The van der Waals surface area contributed by atoms with Gasteiger partial charge in [-0.1, -0.05) is 0 Å². The van der Waals surface area contributed by atoms with Crippen LogP contribution in [0, 0.1) is 27.7 Å². The van der Waals surface area contributed by atoms with Crippen molar-refractivity contribution in [1.29, 1.82) is 0 Å². The highest BCUT2D eigenvalue weighted by Crippen LogP contribution is 2.21. The van der Waals surface area contributed by atoms with E-state index in [1.165, 1.54) is 0 Å². The first-order valence-corrected chi connectivity index (χ1v) is 8.82. The SMILES string of the molecule is Cc1n[nH]c(C)c1S(=O)(=O)NCc1cc(C)n(C(C)C)c1C. The minimum absolute atomic E-state index is 0.241. The second-order valence-corrected chi connectivity index (χ2v) is 7.65. The monoisotopic (exact) mass is 324 g/mol. The van der Waals surface area contributed by atoms with Crippen LogP contribution >= 0.6 is 0 Å². The summed E-state index contributed by atoms with van der Waals surface area (Å²) in [5.41, 5.74) is 4.26. The first-order chi connectivity index (χ1) is 10.1. The number of aryl methyl sites for hydroxylation is 3. The Kier molecular flexibility index (Phi) is 4.49. The van der Waals surface area contributed by atoms with Crippen molar-refractivity contribution in [3.05, 3.63) is 34.4 Å². The van der Waals surface area contributed by atoms with E-state index in [1.54, 1.807) is 13.8 Å². The molecular formula is C15H24N4O2S. The van der Waals surface area contributed by atoms with Crippen LogP contribution in [0.15, 0.2) is 11.0 Å². The van der Waals surface area contributed by atoms with E-state index in [2.05, 4.69) is 33.3 Å². The minimum Gasteiger partial charge on any atom is -0.346 e. The van der Waals surface area contributed by atoms with Crippen LogP contribution in [0.2, 0.25) is 0 Å². The van der Waals surface area contributed by atoms with Crippen molar-refractivity contribution in [2.75, 3.05) is 0 Å². The van der Waals surface area contributed by atoms with Gasteiger partial charge in [0.05, 0.1) is 11.4 Å². The van der Waals surface area contributed by atoms with Gasteiger partial charge in [-0.2, -0.15) is 5.10 Å². The normalized spacial score (nSPS) is 12.3. The van der Waals surface area contributed by atoms with Crippen molar-refractivity contribution in [2.24, 2.45) is 0 Å². The molecule has 2 aromatic rings. The summed E-state index contributed by atoms with van der Waals surface area (Å²) in [5.74, 6) is 0. The Labute approximate surface area is 132 Å². The molecule has 0 aliphatic rings. The number of nitrogens with zero attached hydrogens (tertiary/aromatic N) is 2. The molecule has 22 heavy (non-hydrogen) atoms. The van der Waals surface area contributed by atoms with Crippen LogP contribution in [0.1, 0.15) is 48.2 Å². The standard InChI is InChI=1S/C15H24N4O2S/c1-9(2)19-10(3)7-14(13(19)6)8-16-22(20,21)15-11(4)17-18-12(15)5/h7,9,16H,8H2,1-6H3,(H,17,18). The molecule has 0 saturated carbocycles. The number of sulfonamides is 1. The van der Waals surface area contributed by atoms with Gasteiger partial charge in [0.2, 0.25) is 10.0 Å². The third-order valence-corrected chi connectivity index (χ3v) is 5.55. The zero-order valence-corrected chi connectivity index (χ0v) is 14.8. The number of aromatic nitrogens is 3. The first-order valence-electron chi connectivity index (χ1n) is 7.33. The maximum atomic E-state index is 12.5. The summed E-state index contributed by atoms with van der Waals surface area (Å²) >= 11 is 0. The van der Waals surface area contributed by atoms with Crippen molar-refractivity contribution in [3.8, 4) is 0 Å². The van der Waals surface area contributed by atoms with Crippen LogP contribution in [0.3, 0.4) is 0 Å². The molecule has 2 aromatic heterocycles. The van der Waals surface area contributed by atoms with Crippen LogP contribution in [0.4, 0.5) is 0 Å². The molecule has 0 fully saturated rings. The molecule has 0 radical (unpaired) electrons. The molecule has 0 aliphatic heterocycles. The van der Waals surface area contributed by atoms with Gasteiger partial charge in [0.1, 0.15) is 4.90 Å². The fraction of sp³-hybridized carbons (Fsp3) is 0.533. The molecule has 0 amide bonds. The van der Waals surface area contributed by atoms with Crippen LogP contribution in [0.5, 0.6) is 0 Å². The highest BCUT2D eigenvalue weighted by atomic mass is 32.2. The molecule has 0 aliphatic carbocycles. The summed E-state index contributed by atoms with van der Waals surface area (Å²) in [6.07, 6.45) is 0. The highest BCUT2D eigenvalue weighted by molar-refractivity contribution is 7.89. The van der Waals surface area contributed by atoms with E-state index >= 15 is 0 Å². The van der Waals surface area contributed by atoms with Gasteiger partial charge in [0.25, 0.3) is 0 Å². The van der Waals surface area contributed by atoms with Gasteiger partial charge in [-0.05, 0) is 53.2 Å². The van der Waals surface area contributed by atoms with E-state index in [1.807, 2.05) is 19.9 Å². The molecule has 0 bridgehead atoms. The van der Waals surface area contributed by atoms with Gasteiger partial charge in [-0.15, -0.1) is 0 Å². The van der Waals surface area contributed by atoms with Gasteiger partial charge in [0.15, 0.2) is 0 Å². The zero-order chi connectivity index (χ0) is 16.7. The molecule has 0 atom stereocenters. The molecule has 2 N–H and O–H groups in total. The Balaban J connectivity index is 2.26. The number of rotatable bonds is 5. The van der Waals surface area contributed by atoms with Gasteiger partial charge in [-0.25, -0.2) is 13.1 Å². The Morgan fingerprint density at radius 2 is 1.91 bits per heavy atom. The maximum absolute atomic E-state index is 12.5. The predicted octanol–water partition coefficient (Wildman–Crippen LogP) is 2.50. The lowest BCUT2D eigenvalue weighted by molar-refractivity contribution is 0.570. The third-order valence-electron chi connectivity index (χ3n) is 3.89. The van der Waals surface area contributed by atoms with Crippen molar-refractivity contribution in [1.82, 2.24) is 19.5 Å². The first kappa shape index (κ1) is 16.8. The summed E-state index contributed by atoms with van der Waals surface area (Å²) in [6.45, 7) is 12.0. The minimum atomic E-state index is -3.57. The lowest BCUT2D eigenvalue weighted by Gasteiger charge is -2.14. The van der Waals surface area contributed by atoms with Crippen molar-refractivity contribution < 1.29 is 8.42 Å². The van der Waals surface area contributed by atoms with E-state index in [0.717, 1.165) is 17.0 Å². The molecule has 0 aromatic carbocycles. The summed E-state index contributed by atoms with van der Waals surface area (Å²) in [4.78, 5) is 0.241. The van der Waals surface area contributed by atoms with Gasteiger partial charge in [-0.3, -0.25) is 5.10 Å². The molecular weight excluding hydrogens is 300 g/mol. The van der Waals surface area contributed by atoms with Gasteiger partial charge >= 0.3 is 0 Å². The Bertz CT molecular complexity index is 765. The second kappa shape index (κ2) is 5.89. The predicted molar refractivity (Wildman–Crippen MR) is 86.4 cm³/mol. The molecule has 2 heterocycles. The smallest absolute Gasteiger partial charge is 0.244 e. The molecule has 122 valence electrons. The molecule has 7 heteroatoms. The Morgan fingerprint density at radius 1 is 1.27 bits per heavy atom. The molecule has 0 spiro atoms. The Morgan fingerprint density at radius 3 is 2.36 bits per heavy atom. The number of hydrogen-bond acceptors (Lipinski definition) is 3. The Hall–Kier alpha value is -1.60. The third kappa shape index (κ3) is 2.96. The number of hydrogen-bond donors (Lipinski definition) is 2. The lowest BCUT2D eigenvalue weighted by atomic mass is 10.2. The van der Waals surface area contributed by atoms with Crippen LogP contribution < -0.4 is 4.72 Å². The second-order valence-electron chi connectivity index (χ2n) is 5.95. The molecule has 2 rings (SSSR count).